The van der Waals surface area contributed by atoms with Crippen molar-refractivity contribution >= 4 is 85.8 Å². The highest BCUT2D eigenvalue weighted by Crippen LogP contribution is 2.45. The van der Waals surface area contributed by atoms with Gasteiger partial charge in [-0.05, 0) is 77.6 Å². The maximum absolute atomic E-state index is 5.17. The molecule has 3 aromatic heterocycles. The van der Waals surface area contributed by atoms with E-state index in [0.29, 0.717) is 0 Å². The van der Waals surface area contributed by atoms with Crippen molar-refractivity contribution in [2.75, 3.05) is 0 Å². The lowest BCUT2D eigenvalue weighted by Crippen LogP contribution is -2.45. The molecular weight excluding hydrogens is 733 g/mol. The highest BCUT2D eigenvalue weighted by Gasteiger charge is 2.28. The zero-order chi connectivity index (χ0) is 37.5. The summed E-state index contributed by atoms with van der Waals surface area (Å²) in [6, 6.07) is 57.6. The lowest BCUT2D eigenvalue weighted by atomic mass is 9.98. The molecule has 2 aliphatic rings. The molecule has 4 heterocycles. The van der Waals surface area contributed by atoms with Crippen LogP contribution in [-0.4, -0.2) is 10.4 Å². The van der Waals surface area contributed by atoms with Crippen molar-refractivity contribution in [3.05, 3.63) is 192 Å². The summed E-state index contributed by atoms with van der Waals surface area (Å²) in [6.45, 7) is 0. The van der Waals surface area contributed by atoms with Gasteiger partial charge in [0, 0.05) is 68.2 Å². The normalized spacial score (nSPS) is 16.7. The van der Waals surface area contributed by atoms with Crippen LogP contribution in [0.5, 0.6) is 0 Å². The monoisotopic (exact) mass is 768 g/mol. The molecule has 2 atom stereocenters. The average molecular weight is 769 g/mol. The van der Waals surface area contributed by atoms with E-state index in [1.165, 1.54) is 84.9 Å². The van der Waals surface area contributed by atoms with Crippen LogP contribution in [0.1, 0.15) is 46.7 Å². The van der Waals surface area contributed by atoms with Gasteiger partial charge in [-0.25, -0.2) is 4.99 Å². The molecule has 0 radical (unpaired) electrons. The Morgan fingerprint density at radius 3 is 2.32 bits per heavy atom. The second-order valence-electron chi connectivity index (χ2n) is 15.1. The predicted molar refractivity (Wildman–Crippen MR) is 243 cm³/mol. The Kier molecular flexibility index (Phi) is 7.58. The van der Waals surface area contributed by atoms with Gasteiger partial charge in [0.1, 0.15) is 18.2 Å². The standard InChI is InChI=1S/C51H36N4S2/c1-3-13-31(14-4-1)49-52-50(32-15-5-2-6-16-32)54-51(53-49)39-21-12-24-46-47(39)41-29-33(25-27-45(41)56-46)35-19-11-20-38-40-30-34(26-28-44(40)57-48(35)38)55-42-22-9-7-17-36(42)37-18-8-10-23-43(37)55/h1-9,11-22,24-30,49,51,53H,10,23H2,(H,52,54). The van der Waals surface area contributed by atoms with Gasteiger partial charge in [0.15, 0.2) is 0 Å². The molecule has 6 heteroatoms. The van der Waals surface area contributed by atoms with Gasteiger partial charge in [-0.1, -0.05) is 127 Å². The number of rotatable bonds is 5. The summed E-state index contributed by atoms with van der Waals surface area (Å²) in [4.78, 5) is 5.17. The van der Waals surface area contributed by atoms with Crippen molar-refractivity contribution in [2.24, 2.45) is 4.99 Å². The molecular formula is C51H36N4S2. The van der Waals surface area contributed by atoms with Crippen LogP contribution in [0.3, 0.4) is 0 Å². The fourth-order valence-corrected chi connectivity index (χ4v) is 11.5. The molecule has 10 aromatic rings. The van der Waals surface area contributed by atoms with E-state index >= 15 is 0 Å². The molecule has 0 bridgehead atoms. The van der Waals surface area contributed by atoms with Gasteiger partial charge in [0.05, 0.1) is 5.52 Å². The van der Waals surface area contributed by atoms with Gasteiger partial charge in [-0.15, -0.1) is 22.7 Å². The molecule has 0 amide bonds. The number of fused-ring (bicyclic) bond motifs is 9. The van der Waals surface area contributed by atoms with Crippen LogP contribution >= 0.6 is 22.7 Å². The van der Waals surface area contributed by atoms with Gasteiger partial charge in [0.25, 0.3) is 0 Å². The number of para-hydroxylation sites is 1. The summed E-state index contributed by atoms with van der Waals surface area (Å²) in [5, 5.41) is 14.2. The number of nitrogens with zero attached hydrogens (tertiary/aromatic N) is 2. The van der Waals surface area contributed by atoms with E-state index in [2.05, 4.69) is 185 Å². The molecule has 2 unspecified atom stereocenters. The SMILES string of the molecule is C1=Cc2c(n(-c3ccc4sc5c(-c6ccc7sc8cccc(C9NC(c%10ccccc%10)=NC(c%10ccccc%10)N9)c8c7c6)cccc5c4c3)c3ccccc23)CC1. The number of hydrogen-bond donors (Lipinski definition) is 2. The molecule has 4 nitrogen and oxygen atoms in total. The van der Waals surface area contributed by atoms with Gasteiger partial charge >= 0.3 is 0 Å². The van der Waals surface area contributed by atoms with Crippen molar-refractivity contribution in [2.45, 2.75) is 25.2 Å². The minimum atomic E-state index is -0.187. The first-order chi connectivity index (χ1) is 28.2. The summed E-state index contributed by atoms with van der Waals surface area (Å²) >= 11 is 3.77. The van der Waals surface area contributed by atoms with Crippen molar-refractivity contribution in [1.82, 2.24) is 15.2 Å². The van der Waals surface area contributed by atoms with Crippen LogP contribution < -0.4 is 10.6 Å². The Bertz CT molecular complexity index is 3260. The quantitative estimate of drug-likeness (QED) is 0.183. The lowest BCUT2D eigenvalue weighted by molar-refractivity contribution is 0.411. The molecule has 0 spiro atoms. The highest BCUT2D eigenvalue weighted by atomic mass is 32.1. The van der Waals surface area contributed by atoms with E-state index in [9.17, 15) is 0 Å². The van der Waals surface area contributed by atoms with Crippen LogP contribution in [-0.2, 0) is 6.42 Å². The van der Waals surface area contributed by atoms with Gasteiger partial charge in [0.2, 0.25) is 0 Å². The Balaban J connectivity index is 0.980. The van der Waals surface area contributed by atoms with E-state index in [4.69, 9.17) is 4.99 Å². The second kappa shape index (κ2) is 13.1. The Morgan fingerprint density at radius 2 is 1.40 bits per heavy atom. The molecule has 0 saturated carbocycles. The Morgan fingerprint density at radius 1 is 0.614 bits per heavy atom. The summed E-state index contributed by atoms with van der Waals surface area (Å²) in [5.41, 5.74) is 11.3. The fraction of sp³-hybridized carbons (Fsp3) is 0.0784. The third kappa shape index (κ3) is 5.32. The molecule has 12 rings (SSSR count). The summed E-state index contributed by atoms with van der Waals surface area (Å²) in [6.07, 6.45) is 6.43. The van der Waals surface area contributed by atoms with Crippen molar-refractivity contribution in [3.63, 3.8) is 0 Å². The second-order valence-corrected chi connectivity index (χ2v) is 17.2. The number of aliphatic imine (C=N–C) groups is 1. The number of hydrogen-bond acceptors (Lipinski definition) is 5. The Hall–Kier alpha value is -6.31. The smallest absolute Gasteiger partial charge is 0.131 e. The van der Waals surface area contributed by atoms with Crippen LogP contribution in [0.25, 0.3) is 74.1 Å². The van der Waals surface area contributed by atoms with Crippen LogP contribution in [0.4, 0.5) is 0 Å². The first kappa shape index (κ1) is 32.9. The maximum atomic E-state index is 5.17. The summed E-state index contributed by atoms with van der Waals surface area (Å²) < 4.78 is 7.72. The molecule has 1 aliphatic carbocycles. The molecule has 0 fully saturated rings. The van der Waals surface area contributed by atoms with E-state index in [0.717, 1.165) is 29.8 Å². The molecule has 272 valence electrons. The van der Waals surface area contributed by atoms with Crippen molar-refractivity contribution in [3.8, 4) is 16.8 Å². The van der Waals surface area contributed by atoms with Crippen molar-refractivity contribution < 1.29 is 0 Å². The first-order valence-corrected chi connectivity index (χ1v) is 21.3. The van der Waals surface area contributed by atoms with Gasteiger partial charge < -0.3 is 9.88 Å². The largest absolute Gasteiger partial charge is 0.350 e. The molecule has 1 aliphatic heterocycles. The van der Waals surface area contributed by atoms with Crippen LogP contribution in [0.2, 0.25) is 0 Å². The number of benzene rings is 7. The third-order valence-corrected chi connectivity index (χ3v) is 14.1. The summed E-state index contributed by atoms with van der Waals surface area (Å²) in [5.74, 6) is 0.895. The zero-order valence-electron chi connectivity index (χ0n) is 30.9. The third-order valence-electron chi connectivity index (χ3n) is 11.8. The molecule has 57 heavy (non-hydrogen) atoms. The van der Waals surface area contributed by atoms with Gasteiger partial charge in [-0.2, -0.15) is 0 Å². The summed E-state index contributed by atoms with van der Waals surface area (Å²) in [7, 11) is 0. The number of thiophene rings is 2. The topological polar surface area (TPSA) is 41.4 Å². The fourth-order valence-electron chi connectivity index (χ4n) is 9.15. The van der Waals surface area contributed by atoms with E-state index < -0.39 is 0 Å². The molecule has 2 N–H and O–H groups in total. The number of nitrogens with one attached hydrogen (secondary N) is 2. The van der Waals surface area contributed by atoms with Crippen LogP contribution in [0, 0.1) is 0 Å². The van der Waals surface area contributed by atoms with Crippen molar-refractivity contribution in [1.29, 1.82) is 0 Å². The molecule has 0 saturated heterocycles. The van der Waals surface area contributed by atoms with Gasteiger partial charge in [-0.3, -0.25) is 5.32 Å². The van der Waals surface area contributed by atoms with E-state index in [1.807, 2.05) is 22.7 Å². The lowest BCUT2D eigenvalue weighted by Gasteiger charge is -2.32. The Labute approximate surface area is 338 Å². The van der Waals surface area contributed by atoms with E-state index in [1.54, 1.807) is 0 Å². The zero-order valence-corrected chi connectivity index (χ0v) is 32.6. The number of amidine groups is 1. The first-order valence-electron chi connectivity index (χ1n) is 19.7. The average Bonchev–Trinajstić information content (AvgIpc) is 3.96. The number of aromatic nitrogens is 1. The molecule has 7 aromatic carbocycles. The number of allylic oxidation sites excluding steroid dienone is 1. The highest BCUT2D eigenvalue weighted by molar-refractivity contribution is 7.26. The minimum Gasteiger partial charge on any atom is -0.350 e. The van der Waals surface area contributed by atoms with Crippen LogP contribution in [0.15, 0.2) is 169 Å². The van der Waals surface area contributed by atoms with E-state index in [-0.39, 0.29) is 12.3 Å². The maximum Gasteiger partial charge on any atom is 0.131 e. The predicted octanol–water partition coefficient (Wildman–Crippen LogP) is 13.3. The minimum absolute atomic E-state index is 0.146.